The smallest absolute Gasteiger partial charge is 0.307 e. The van der Waals surface area contributed by atoms with Crippen molar-refractivity contribution in [3.8, 4) is 5.69 Å². The number of aryl methyl sites for hydroxylation is 1. The van der Waals surface area contributed by atoms with Gasteiger partial charge in [0, 0.05) is 52.3 Å². The first-order chi connectivity index (χ1) is 15.2. The van der Waals surface area contributed by atoms with Crippen molar-refractivity contribution in [3.05, 3.63) is 79.3 Å². The molecule has 0 radical (unpaired) electrons. The minimum Gasteiger partial charge on any atom is -0.450 e. The molecule has 6 nitrogen and oxygen atoms in total. The number of hydrazone groups is 1. The van der Waals surface area contributed by atoms with Crippen LogP contribution in [0.1, 0.15) is 27.5 Å². The van der Waals surface area contributed by atoms with Gasteiger partial charge in [0.15, 0.2) is 5.76 Å². The van der Waals surface area contributed by atoms with Crippen molar-refractivity contribution in [3.63, 3.8) is 0 Å². The molecule has 8 heteroatoms. The Labute approximate surface area is 208 Å². The molecule has 0 atom stereocenters. The highest BCUT2D eigenvalue weighted by Gasteiger charge is 2.15. The molecule has 164 valence electrons. The maximum absolute atomic E-state index is 12.5. The molecule has 1 N–H and O–H groups in total. The quantitative estimate of drug-likeness (QED) is 0.172. The summed E-state index contributed by atoms with van der Waals surface area (Å²) in [6, 6.07) is 16.0. The van der Waals surface area contributed by atoms with Crippen LogP contribution in [0.25, 0.3) is 16.7 Å². The zero-order valence-electron chi connectivity index (χ0n) is 18.1. The highest BCUT2D eigenvalue weighted by molar-refractivity contribution is 14.1. The number of amides is 1. The number of benzene rings is 2. The number of hydrogen-bond acceptors (Lipinski definition) is 4. The molecular formula is C24H22BrIN4O2. The van der Waals surface area contributed by atoms with Gasteiger partial charge in [0.05, 0.1) is 9.78 Å². The first-order valence-electron chi connectivity index (χ1n) is 9.93. The minimum absolute atomic E-state index is 0.222. The molecule has 0 spiro atoms. The number of rotatable bonds is 5. The van der Waals surface area contributed by atoms with Gasteiger partial charge in [0.25, 0.3) is 0 Å². The van der Waals surface area contributed by atoms with E-state index in [0.717, 1.165) is 41.8 Å². The van der Waals surface area contributed by atoms with Crippen LogP contribution >= 0.6 is 38.5 Å². The number of nitrogens with one attached hydrogen (secondary N) is 1. The molecular weight excluding hydrogens is 583 g/mol. The van der Waals surface area contributed by atoms with Gasteiger partial charge in [0.1, 0.15) is 5.58 Å². The van der Waals surface area contributed by atoms with Crippen LogP contribution in [0, 0.1) is 17.4 Å². The van der Waals surface area contributed by atoms with E-state index in [0.29, 0.717) is 5.58 Å². The molecule has 0 saturated heterocycles. The lowest BCUT2D eigenvalue weighted by atomic mass is 10.2. The molecule has 2 aromatic heterocycles. The van der Waals surface area contributed by atoms with E-state index in [1.807, 2.05) is 39.2 Å². The summed E-state index contributed by atoms with van der Waals surface area (Å²) in [6.07, 6.45) is 1.66. The molecule has 0 fully saturated rings. The maximum atomic E-state index is 12.5. The summed E-state index contributed by atoms with van der Waals surface area (Å²) in [5.74, 6) is -0.169. The summed E-state index contributed by atoms with van der Waals surface area (Å²) in [5, 5.41) is 5.02. The molecule has 0 saturated carbocycles. The number of aromatic nitrogens is 1. The van der Waals surface area contributed by atoms with Crippen molar-refractivity contribution in [2.45, 2.75) is 13.8 Å². The second-order valence-electron chi connectivity index (χ2n) is 7.69. The fraction of sp³-hybridized carbons (Fsp3) is 0.167. The molecule has 4 rings (SSSR count). The van der Waals surface area contributed by atoms with Crippen molar-refractivity contribution >= 4 is 67.3 Å². The Morgan fingerprint density at radius 3 is 2.56 bits per heavy atom. The Morgan fingerprint density at radius 2 is 1.88 bits per heavy atom. The van der Waals surface area contributed by atoms with Gasteiger partial charge in [-0.25, -0.2) is 5.43 Å². The fourth-order valence-corrected chi connectivity index (χ4v) is 5.28. The zero-order chi connectivity index (χ0) is 23.0. The average molecular weight is 605 g/mol. The average Bonchev–Trinajstić information content (AvgIpc) is 3.29. The van der Waals surface area contributed by atoms with Gasteiger partial charge in [-0.05, 0) is 85.0 Å². The first kappa shape index (κ1) is 22.6. The molecule has 0 unspecified atom stereocenters. The van der Waals surface area contributed by atoms with Crippen molar-refractivity contribution in [1.82, 2.24) is 9.99 Å². The van der Waals surface area contributed by atoms with Crippen LogP contribution in [0.4, 0.5) is 5.69 Å². The summed E-state index contributed by atoms with van der Waals surface area (Å²) < 4.78 is 9.76. The third-order valence-corrected chi connectivity index (χ3v) is 6.48. The van der Waals surface area contributed by atoms with Gasteiger partial charge in [-0.15, -0.1) is 0 Å². The van der Waals surface area contributed by atoms with E-state index in [1.165, 1.54) is 0 Å². The molecule has 1 amide bonds. The van der Waals surface area contributed by atoms with E-state index in [-0.39, 0.29) is 5.76 Å². The van der Waals surface area contributed by atoms with Crippen LogP contribution < -0.4 is 10.3 Å². The Bertz CT molecular complexity index is 1340. The Morgan fingerprint density at radius 1 is 1.16 bits per heavy atom. The van der Waals surface area contributed by atoms with Gasteiger partial charge < -0.3 is 13.9 Å². The number of hydrogen-bond donors (Lipinski definition) is 1. The van der Waals surface area contributed by atoms with Crippen LogP contribution in [0.15, 0.2) is 62.5 Å². The van der Waals surface area contributed by atoms with E-state index < -0.39 is 5.91 Å². The SMILES string of the molecule is Cc1cc(/C=N\NC(=O)c2cc3cc(Br)cc(I)c3o2)c(C)n1-c1ccc(N(C)C)cc1. The molecule has 4 aromatic rings. The second-order valence-corrected chi connectivity index (χ2v) is 9.77. The number of carbonyl (C=O) groups excluding carboxylic acids is 1. The summed E-state index contributed by atoms with van der Waals surface area (Å²) in [5.41, 5.74) is 8.54. The van der Waals surface area contributed by atoms with Crippen molar-refractivity contribution in [1.29, 1.82) is 0 Å². The summed E-state index contributed by atoms with van der Waals surface area (Å²) in [4.78, 5) is 14.6. The van der Waals surface area contributed by atoms with Gasteiger partial charge in [-0.3, -0.25) is 4.79 Å². The van der Waals surface area contributed by atoms with Crippen molar-refractivity contribution in [2.24, 2.45) is 5.10 Å². The van der Waals surface area contributed by atoms with E-state index >= 15 is 0 Å². The molecule has 0 aliphatic rings. The lowest BCUT2D eigenvalue weighted by molar-refractivity contribution is 0.0929. The molecule has 2 aromatic carbocycles. The zero-order valence-corrected chi connectivity index (χ0v) is 21.9. The number of furan rings is 1. The summed E-state index contributed by atoms with van der Waals surface area (Å²) in [7, 11) is 4.05. The highest BCUT2D eigenvalue weighted by atomic mass is 127. The normalized spacial score (nSPS) is 11.4. The molecule has 2 heterocycles. The van der Waals surface area contributed by atoms with Crippen LogP contribution in [0.2, 0.25) is 0 Å². The number of carbonyl (C=O) groups is 1. The van der Waals surface area contributed by atoms with Crippen LogP contribution in [0.3, 0.4) is 0 Å². The summed E-state index contributed by atoms with van der Waals surface area (Å²) >= 11 is 5.65. The van der Waals surface area contributed by atoms with E-state index in [4.69, 9.17) is 4.42 Å². The van der Waals surface area contributed by atoms with E-state index in [1.54, 1.807) is 12.3 Å². The third kappa shape index (κ3) is 4.47. The van der Waals surface area contributed by atoms with Crippen molar-refractivity contribution in [2.75, 3.05) is 19.0 Å². The fourth-order valence-electron chi connectivity index (χ4n) is 3.62. The van der Waals surface area contributed by atoms with Crippen LogP contribution in [-0.2, 0) is 0 Å². The van der Waals surface area contributed by atoms with Crippen LogP contribution in [0.5, 0.6) is 0 Å². The monoisotopic (exact) mass is 604 g/mol. The van der Waals surface area contributed by atoms with Gasteiger partial charge >= 0.3 is 5.91 Å². The molecule has 0 aliphatic heterocycles. The Hall–Kier alpha value is -2.59. The predicted octanol–water partition coefficient (Wildman–Crippen LogP) is 6.04. The van der Waals surface area contributed by atoms with Crippen LogP contribution in [-0.4, -0.2) is 30.8 Å². The molecule has 0 bridgehead atoms. The summed E-state index contributed by atoms with van der Waals surface area (Å²) in [6.45, 7) is 4.09. The lowest BCUT2D eigenvalue weighted by Gasteiger charge is -2.14. The number of anilines is 1. The molecule has 32 heavy (non-hydrogen) atoms. The number of fused-ring (bicyclic) bond motifs is 1. The lowest BCUT2D eigenvalue weighted by Crippen LogP contribution is -2.16. The topological polar surface area (TPSA) is 62.8 Å². The Balaban J connectivity index is 1.52. The van der Waals surface area contributed by atoms with E-state index in [9.17, 15) is 4.79 Å². The standard InChI is InChI=1S/C24H22BrIN4O2/c1-14-9-17(15(2)30(14)20-7-5-19(6-8-20)29(3)4)13-27-28-24(31)22-11-16-10-18(25)12-21(26)23(16)32-22/h5-13H,1-4H3,(H,28,31)/b27-13-. The maximum Gasteiger partial charge on any atom is 0.307 e. The molecule has 0 aliphatic carbocycles. The first-order valence-corrected chi connectivity index (χ1v) is 11.8. The largest absolute Gasteiger partial charge is 0.450 e. The number of halogens is 2. The number of nitrogens with zero attached hydrogens (tertiary/aromatic N) is 3. The van der Waals surface area contributed by atoms with Gasteiger partial charge in [-0.1, -0.05) is 15.9 Å². The predicted molar refractivity (Wildman–Crippen MR) is 141 cm³/mol. The van der Waals surface area contributed by atoms with Crippen molar-refractivity contribution < 1.29 is 9.21 Å². The van der Waals surface area contributed by atoms with E-state index in [2.05, 4.69) is 89.7 Å². The minimum atomic E-state index is -0.391. The van der Waals surface area contributed by atoms with Gasteiger partial charge in [0.2, 0.25) is 0 Å². The highest BCUT2D eigenvalue weighted by Crippen LogP contribution is 2.28. The van der Waals surface area contributed by atoms with Gasteiger partial charge in [-0.2, -0.15) is 5.10 Å². The second kappa shape index (κ2) is 9.11. The Kier molecular flexibility index (Phi) is 6.43. The third-order valence-electron chi connectivity index (χ3n) is 5.22.